The van der Waals surface area contributed by atoms with Gasteiger partial charge in [0, 0.05) is 12.5 Å². The normalized spacial score (nSPS) is 13.9. The summed E-state index contributed by atoms with van der Waals surface area (Å²) in [5, 5.41) is 0. The van der Waals surface area contributed by atoms with Crippen LogP contribution in [0.1, 0.15) is 37.5 Å². The van der Waals surface area contributed by atoms with E-state index < -0.39 is 16.0 Å². The molecule has 2 aromatic carbocycles. The molecule has 0 bridgehead atoms. The molecule has 5 nitrogen and oxygen atoms in total. The molecule has 0 saturated heterocycles. The fourth-order valence-electron chi connectivity index (χ4n) is 3.17. The van der Waals surface area contributed by atoms with Crippen LogP contribution in [0, 0.1) is 6.92 Å². The number of benzene rings is 2. The van der Waals surface area contributed by atoms with Crippen molar-refractivity contribution in [1.82, 2.24) is 0 Å². The topological polar surface area (TPSA) is 72.5 Å². The standard InChI is InChI=1S/C21H23NO4S/c1-13-5-7-17(8-6-13)27(24,25)22-20-9-10-21(26-16(4)23)19-12-15(3)14(2)11-18(19)20/h5-10,22H,11-12H2,1-4H3. The van der Waals surface area contributed by atoms with Crippen molar-refractivity contribution < 1.29 is 17.9 Å². The van der Waals surface area contributed by atoms with Crippen LogP contribution in [-0.4, -0.2) is 14.4 Å². The van der Waals surface area contributed by atoms with E-state index in [4.69, 9.17) is 4.74 Å². The lowest BCUT2D eigenvalue weighted by Gasteiger charge is -2.24. The Hall–Kier alpha value is -2.60. The van der Waals surface area contributed by atoms with Crippen LogP contribution in [0.4, 0.5) is 5.69 Å². The summed E-state index contributed by atoms with van der Waals surface area (Å²) in [6.45, 7) is 7.34. The molecule has 1 aliphatic carbocycles. The lowest BCUT2D eigenvalue weighted by atomic mass is 9.86. The van der Waals surface area contributed by atoms with Gasteiger partial charge in [-0.2, -0.15) is 0 Å². The number of carbonyl (C=O) groups is 1. The van der Waals surface area contributed by atoms with E-state index in [1.807, 2.05) is 20.8 Å². The lowest BCUT2D eigenvalue weighted by molar-refractivity contribution is -0.131. The second kappa shape index (κ2) is 7.19. The predicted octanol–water partition coefficient (Wildman–Crippen LogP) is 4.16. The first-order valence-electron chi connectivity index (χ1n) is 8.75. The van der Waals surface area contributed by atoms with Crippen molar-refractivity contribution in [3.63, 3.8) is 0 Å². The molecule has 6 heteroatoms. The van der Waals surface area contributed by atoms with Crippen molar-refractivity contribution in [1.29, 1.82) is 0 Å². The average molecular weight is 385 g/mol. The second-order valence-electron chi connectivity index (χ2n) is 6.99. The number of allylic oxidation sites excluding steroid dienone is 2. The van der Waals surface area contributed by atoms with Crippen LogP contribution in [0.15, 0.2) is 52.4 Å². The van der Waals surface area contributed by atoms with E-state index in [9.17, 15) is 13.2 Å². The van der Waals surface area contributed by atoms with Crippen LogP contribution < -0.4 is 9.46 Å². The minimum atomic E-state index is -3.70. The molecule has 142 valence electrons. The highest BCUT2D eigenvalue weighted by Crippen LogP contribution is 2.37. The highest BCUT2D eigenvalue weighted by atomic mass is 32.2. The summed E-state index contributed by atoms with van der Waals surface area (Å²) in [5.74, 6) is 0.0942. The predicted molar refractivity (Wildman–Crippen MR) is 106 cm³/mol. The molecule has 0 aromatic heterocycles. The molecular formula is C21H23NO4S. The number of hydrogen-bond donors (Lipinski definition) is 1. The van der Waals surface area contributed by atoms with E-state index in [1.54, 1.807) is 36.4 Å². The first-order chi connectivity index (χ1) is 12.7. The van der Waals surface area contributed by atoms with Crippen molar-refractivity contribution in [2.24, 2.45) is 0 Å². The maximum atomic E-state index is 12.8. The summed E-state index contributed by atoms with van der Waals surface area (Å²) in [6, 6.07) is 10.0. The molecule has 0 unspecified atom stereocenters. The van der Waals surface area contributed by atoms with Crippen LogP contribution in [-0.2, 0) is 27.7 Å². The van der Waals surface area contributed by atoms with Crippen molar-refractivity contribution in [3.8, 4) is 5.75 Å². The summed E-state index contributed by atoms with van der Waals surface area (Å²) in [7, 11) is -3.70. The molecule has 0 radical (unpaired) electrons. The summed E-state index contributed by atoms with van der Waals surface area (Å²) < 4.78 is 33.6. The van der Waals surface area contributed by atoms with E-state index in [2.05, 4.69) is 4.72 Å². The molecule has 27 heavy (non-hydrogen) atoms. The Morgan fingerprint density at radius 1 is 0.926 bits per heavy atom. The van der Waals surface area contributed by atoms with Crippen molar-refractivity contribution in [2.75, 3.05) is 4.72 Å². The molecule has 2 aromatic rings. The molecule has 0 atom stereocenters. The number of carbonyl (C=O) groups excluding carboxylic acids is 1. The van der Waals surface area contributed by atoms with Gasteiger partial charge in [-0.05, 0) is 63.4 Å². The van der Waals surface area contributed by atoms with Gasteiger partial charge in [0.05, 0.1) is 10.6 Å². The van der Waals surface area contributed by atoms with Gasteiger partial charge in [-0.25, -0.2) is 8.42 Å². The van der Waals surface area contributed by atoms with Crippen LogP contribution in [0.25, 0.3) is 0 Å². The van der Waals surface area contributed by atoms with E-state index in [0.29, 0.717) is 24.3 Å². The Balaban J connectivity index is 2.03. The molecular weight excluding hydrogens is 362 g/mol. The SMILES string of the molecule is CC(=O)Oc1ccc(NS(=O)(=O)c2ccc(C)cc2)c2c1CC(C)=C(C)C2. The van der Waals surface area contributed by atoms with Gasteiger partial charge in [0.2, 0.25) is 0 Å². The zero-order valence-corrected chi connectivity index (χ0v) is 16.7. The van der Waals surface area contributed by atoms with Gasteiger partial charge in [0.1, 0.15) is 5.75 Å². The quantitative estimate of drug-likeness (QED) is 0.487. The van der Waals surface area contributed by atoms with Crippen LogP contribution >= 0.6 is 0 Å². The first kappa shape index (κ1) is 19.2. The molecule has 0 saturated carbocycles. The zero-order valence-electron chi connectivity index (χ0n) is 15.9. The van der Waals surface area contributed by atoms with Gasteiger partial charge >= 0.3 is 5.97 Å². The minimum Gasteiger partial charge on any atom is -0.426 e. The van der Waals surface area contributed by atoms with Gasteiger partial charge in [-0.15, -0.1) is 0 Å². The van der Waals surface area contributed by atoms with E-state index in [1.165, 1.54) is 18.1 Å². The Kier molecular flexibility index (Phi) is 5.11. The third-order valence-electron chi connectivity index (χ3n) is 4.83. The van der Waals surface area contributed by atoms with E-state index in [0.717, 1.165) is 16.7 Å². The van der Waals surface area contributed by atoms with Gasteiger partial charge in [0.25, 0.3) is 10.0 Å². The number of ether oxygens (including phenoxy) is 1. The Bertz CT molecular complexity index is 1030. The number of sulfonamides is 1. The van der Waals surface area contributed by atoms with Gasteiger partial charge in [-0.3, -0.25) is 9.52 Å². The van der Waals surface area contributed by atoms with Gasteiger partial charge in [0.15, 0.2) is 0 Å². The number of esters is 1. The number of hydrogen-bond acceptors (Lipinski definition) is 4. The number of fused-ring (bicyclic) bond motifs is 1. The molecule has 0 amide bonds. The minimum absolute atomic E-state index is 0.213. The highest BCUT2D eigenvalue weighted by molar-refractivity contribution is 7.92. The molecule has 0 heterocycles. The molecule has 0 spiro atoms. The van der Waals surface area contributed by atoms with Crippen LogP contribution in [0.5, 0.6) is 5.75 Å². The molecule has 0 fully saturated rings. The number of nitrogens with one attached hydrogen (secondary N) is 1. The summed E-state index contributed by atoms with van der Waals surface area (Å²) in [4.78, 5) is 11.6. The third kappa shape index (κ3) is 4.06. The Labute approximate surface area is 160 Å². The fourth-order valence-corrected chi connectivity index (χ4v) is 4.26. The number of anilines is 1. The highest BCUT2D eigenvalue weighted by Gasteiger charge is 2.24. The summed E-state index contributed by atoms with van der Waals surface area (Å²) in [5.41, 5.74) is 5.62. The van der Waals surface area contributed by atoms with Crippen molar-refractivity contribution >= 4 is 21.7 Å². The Morgan fingerprint density at radius 3 is 2.11 bits per heavy atom. The van der Waals surface area contributed by atoms with Gasteiger partial charge in [-0.1, -0.05) is 28.8 Å². The Morgan fingerprint density at radius 2 is 1.52 bits per heavy atom. The smallest absolute Gasteiger partial charge is 0.308 e. The molecule has 0 aliphatic heterocycles. The average Bonchev–Trinajstić information content (AvgIpc) is 2.58. The molecule has 1 N–H and O–H groups in total. The zero-order chi connectivity index (χ0) is 19.8. The maximum absolute atomic E-state index is 12.8. The van der Waals surface area contributed by atoms with Crippen molar-refractivity contribution in [3.05, 3.63) is 64.2 Å². The van der Waals surface area contributed by atoms with Crippen molar-refractivity contribution in [2.45, 2.75) is 45.4 Å². The number of rotatable bonds is 4. The second-order valence-corrected chi connectivity index (χ2v) is 8.68. The molecule has 3 rings (SSSR count). The molecule has 1 aliphatic rings. The van der Waals surface area contributed by atoms with Crippen LogP contribution in [0.2, 0.25) is 0 Å². The largest absolute Gasteiger partial charge is 0.426 e. The van der Waals surface area contributed by atoms with E-state index in [-0.39, 0.29) is 4.90 Å². The third-order valence-corrected chi connectivity index (χ3v) is 6.21. The maximum Gasteiger partial charge on any atom is 0.308 e. The van der Waals surface area contributed by atoms with Gasteiger partial charge < -0.3 is 4.74 Å². The lowest BCUT2D eigenvalue weighted by Crippen LogP contribution is -2.18. The number of aryl methyl sites for hydroxylation is 1. The summed E-state index contributed by atoms with van der Waals surface area (Å²) >= 11 is 0. The van der Waals surface area contributed by atoms with Crippen LogP contribution in [0.3, 0.4) is 0 Å². The summed E-state index contributed by atoms with van der Waals surface area (Å²) in [6.07, 6.45) is 1.24. The van der Waals surface area contributed by atoms with E-state index >= 15 is 0 Å². The first-order valence-corrected chi connectivity index (χ1v) is 10.2. The monoisotopic (exact) mass is 385 g/mol. The fraction of sp³-hybridized carbons (Fsp3) is 0.286.